The SMILES string of the molecule is CCC(C)(CC)C(=O)/C=C(\O)C(C)(CC)CC.Cc1ccc2c(n1)oc1c(-c3nc(C(C)C)nc4c3ccc3cc(C(C)(C)C)cc(C)c34)[c-]ccc12.[Ir]. The van der Waals surface area contributed by atoms with E-state index < -0.39 is 0 Å². The third kappa shape index (κ3) is 8.18. The zero-order chi connectivity index (χ0) is 39.0. The number of nitrogens with zero attached hydrogens (tertiary/aromatic N) is 3. The maximum Gasteiger partial charge on any atom is 0.216 e. The minimum absolute atomic E-state index is 0. The fourth-order valence-electron chi connectivity index (χ4n) is 6.73. The van der Waals surface area contributed by atoms with E-state index in [1.54, 1.807) is 0 Å². The van der Waals surface area contributed by atoms with E-state index in [4.69, 9.17) is 14.4 Å². The molecule has 6 rings (SSSR count). The Hall–Kier alpha value is -3.93. The van der Waals surface area contributed by atoms with Crippen molar-refractivity contribution in [3.05, 3.63) is 89.1 Å². The van der Waals surface area contributed by atoms with Crippen LogP contribution in [0.4, 0.5) is 0 Å². The molecule has 3 aromatic carbocycles. The third-order valence-electron chi connectivity index (χ3n) is 11.7. The molecule has 0 atom stereocenters. The van der Waals surface area contributed by atoms with Crippen LogP contribution >= 0.6 is 0 Å². The average Bonchev–Trinajstić information content (AvgIpc) is 3.50. The number of aryl methyl sites for hydroxylation is 2. The summed E-state index contributed by atoms with van der Waals surface area (Å²) in [5, 5.41) is 15.6. The first kappa shape index (κ1) is 42.8. The molecule has 0 amide bonds. The standard InChI is InChI=1S/C32H30N3O.C15H28O2.Ir/c1-17(2)30-34-27(25-10-8-9-22-23-13-11-19(4)33-31(23)36-29(22)25)24-14-12-20-16-21(32(5,6)7)15-18(3)26(20)28(24)35-30;1-7-14(5,8-2)12(16)11-13(17)15(6,9-3)10-4;/h8-9,11-17H,1-7H3;11,16H,7-10H2,1-6H3;/q-1;;/b;12-11-;. The molecule has 7 heteroatoms. The largest absolute Gasteiger partial charge is 0.512 e. The number of rotatable bonds is 9. The van der Waals surface area contributed by atoms with Gasteiger partial charge in [0, 0.05) is 65.1 Å². The van der Waals surface area contributed by atoms with Crippen LogP contribution in [0.5, 0.6) is 0 Å². The van der Waals surface area contributed by atoms with Crippen LogP contribution in [0.2, 0.25) is 0 Å². The van der Waals surface area contributed by atoms with Gasteiger partial charge in [0.2, 0.25) is 5.71 Å². The molecule has 6 aromatic rings. The summed E-state index contributed by atoms with van der Waals surface area (Å²) in [6.45, 7) is 27.3. The van der Waals surface area contributed by atoms with Crippen LogP contribution < -0.4 is 0 Å². The second-order valence-corrected chi connectivity index (χ2v) is 16.6. The van der Waals surface area contributed by atoms with Crippen molar-refractivity contribution in [3.8, 4) is 11.3 Å². The number of hydrogen-bond donors (Lipinski definition) is 1. The van der Waals surface area contributed by atoms with Gasteiger partial charge in [0.05, 0.1) is 11.1 Å². The van der Waals surface area contributed by atoms with Crippen LogP contribution in [0.1, 0.15) is 130 Å². The van der Waals surface area contributed by atoms with Crippen LogP contribution in [0, 0.1) is 30.7 Å². The van der Waals surface area contributed by atoms with Crippen LogP contribution in [0.15, 0.2) is 64.8 Å². The maximum absolute atomic E-state index is 12.2. The summed E-state index contributed by atoms with van der Waals surface area (Å²) in [6, 6.07) is 20.5. The zero-order valence-electron chi connectivity index (χ0n) is 34.5. The molecule has 0 aliphatic rings. The zero-order valence-corrected chi connectivity index (χ0v) is 36.9. The topological polar surface area (TPSA) is 89.1 Å². The van der Waals surface area contributed by atoms with Gasteiger partial charge >= 0.3 is 0 Å². The molecule has 0 fully saturated rings. The summed E-state index contributed by atoms with van der Waals surface area (Å²) in [5.41, 5.74) is 7.05. The molecular formula is C47H58IrN3O3-. The van der Waals surface area contributed by atoms with Crippen molar-refractivity contribution in [3.63, 3.8) is 0 Å². The molecule has 0 spiro atoms. The number of aliphatic hydroxyl groups is 1. The van der Waals surface area contributed by atoms with Gasteiger partial charge in [0.15, 0.2) is 5.78 Å². The number of allylic oxidation sites excluding steroid dienone is 2. The van der Waals surface area contributed by atoms with E-state index in [0.717, 1.165) is 75.7 Å². The quantitative estimate of drug-likeness (QED) is 0.0673. The Balaban J connectivity index is 0.000000309. The molecule has 6 nitrogen and oxygen atoms in total. The van der Waals surface area contributed by atoms with Gasteiger partial charge in [0.1, 0.15) is 11.6 Å². The predicted molar refractivity (Wildman–Crippen MR) is 222 cm³/mol. The Bertz CT molecular complexity index is 2340. The second-order valence-electron chi connectivity index (χ2n) is 16.6. The molecular weight excluding hydrogens is 847 g/mol. The molecule has 3 heterocycles. The number of pyridine rings is 1. The molecule has 1 N–H and O–H groups in total. The van der Waals surface area contributed by atoms with Crippen molar-refractivity contribution in [2.45, 2.75) is 127 Å². The molecule has 0 unspecified atom stereocenters. The number of fused-ring (bicyclic) bond motifs is 6. The van der Waals surface area contributed by atoms with Crippen molar-refractivity contribution in [2.75, 3.05) is 0 Å². The fraction of sp³-hybridized carbons (Fsp3) is 0.447. The first-order chi connectivity index (χ1) is 24.9. The summed E-state index contributed by atoms with van der Waals surface area (Å²) in [4.78, 5) is 27.0. The number of benzene rings is 3. The molecule has 54 heavy (non-hydrogen) atoms. The van der Waals surface area contributed by atoms with Crippen molar-refractivity contribution in [2.24, 2.45) is 10.8 Å². The van der Waals surface area contributed by atoms with Gasteiger partial charge in [0.25, 0.3) is 0 Å². The van der Waals surface area contributed by atoms with E-state index in [2.05, 4.69) is 82.9 Å². The number of aliphatic hydroxyl groups excluding tert-OH is 1. The van der Waals surface area contributed by atoms with Gasteiger partial charge in [-0.3, -0.25) is 9.78 Å². The molecule has 0 bridgehead atoms. The van der Waals surface area contributed by atoms with Crippen molar-refractivity contribution in [1.29, 1.82) is 0 Å². The Kier molecular flexibility index (Phi) is 13.0. The fourth-order valence-corrected chi connectivity index (χ4v) is 6.73. The van der Waals surface area contributed by atoms with E-state index in [-0.39, 0.29) is 53.8 Å². The average molecular weight is 905 g/mol. The number of furan rings is 1. The molecule has 0 aliphatic heterocycles. The number of carbonyl (C=O) groups is 1. The molecule has 1 radical (unpaired) electrons. The molecule has 0 saturated heterocycles. The molecule has 289 valence electrons. The smallest absolute Gasteiger partial charge is 0.216 e. The number of aromatic nitrogens is 3. The Morgan fingerprint density at radius 1 is 0.833 bits per heavy atom. The Morgan fingerprint density at radius 3 is 2.06 bits per heavy atom. The summed E-state index contributed by atoms with van der Waals surface area (Å²) in [5.74, 6) is 1.28. The van der Waals surface area contributed by atoms with Crippen molar-refractivity contribution < 1.29 is 34.4 Å². The van der Waals surface area contributed by atoms with Crippen LogP contribution in [-0.2, 0) is 30.3 Å². The van der Waals surface area contributed by atoms with E-state index in [1.165, 1.54) is 28.0 Å². The minimum atomic E-state index is -0.337. The number of carbonyl (C=O) groups excluding carboxylic acids is 1. The summed E-state index contributed by atoms with van der Waals surface area (Å²) >= 11 is 0. The van der Waals surface area contributed by atoms with Crippen molar-refractivity contribution in [1.82, 2.24) is 15.0 Å². The van der Waals surface area contributed by atoms with E-state index in [1.807, 2.05) is 66.7 Å². The van der Waals surface area contributed by atoms with Crippen molar-refractivity contribution >= 4 is 49.5 Å². The minimum Gasteiger partial charge on any atom is -0.512 e. The van der Waals surface area contributed by atoms with Gasteiger partial charge in [-0.05, 0) is 79.0 Å². The second kappa shape index (κ2) is 16.4. The van der Waals surface area contributed by atoms with Crippen LogP contribution in [0.25, 0.3) is 55.0 Å². The van der Waals surface area contributed by atoms with Gasteiger partial charge in [-0.25, -0.2) is 9.97 Å². The Morgan fingerprint density at radius 2 is 1.46 bits per heavy atom. The summed E-state index contributed by atoms with van der Waals surface area (Å²) in [7, 11) is 0. The third-order valence-corrected chi connectivity index (χ3v) is 11.7. The van der Waals surface area contributed by atoms with Gasteiger partial charge < -0.3 is 9.52 Å². The first-order valence-electron chi connectivity index (χ1n) is 19.3. The van der Waals surface area contributed by atoms with E-state index in [0.29, 0.717) is 5.71 Å². The summed E-state index contributed by atoms with van der Waals surface area (Å²) < 4.78 is 6.33. The normalized spacial score (nSPS) is 12.7. The maximum atomic E-state index is 12.2. The van der Waals surface area contributed by atoms with Gasteiger partial charge in [-0.1, -0.05) is 111 Å². The number of hydrogen-bond acceptors (Lipinski definition) is 6. The first-order valence-corrected chi connectivity index (χ1v) is 19.3. The molecule has 3 aromatic heterocycles. The van der Waals surface area contributed by atoms with E-state index >= 15 is 0 Å². The molecule has 0 aliphatic carbocycles. The van der Waals surface area contributed by atoms with E-state index in [9.17, 15) is 9.90 Å². The van der Waals surface area contributed by atoms with Gasteiger partial charge in [-0.2, -0.15) is 0 Å². The summed E-state index contributed by atoms with van der Waals surface area (Å²) in [6.07, 6.45) is 4.75. The molecule has 0 saturated carbocycles. The predicted octanol–water partition coefficient (Wildman–Crippen LogP) is 13.2. The van der Waals surface area contributed by atoms with Crippen LogP contribution in [0.3, 0.4) is 0 Å². The number of ketones is 1. The monoisotopic (exact) mass is 905 g/mol. The van der Waals surface area contributed by atoms with Crippen LogP contribution in [-0.4, -0.2) is 25.8 Å². The Labute approximate surface area is 335 Å². The van der Waals surface area contributed by atoms with Gasteiger partial charge in [-0.15, -0.1) is 18.2 Å².